The van der Waals surface area contributed by atoms with Crippen LogP contribution in [0.1, 0.15) is 36.4 Å². The molecule has 1 aromatic carbocycles. The van der Waals surface area contributed by atoms with E-state index < -0.39 is 0 Å². The second-order valence-corrected chi connectivity index (χ2v) is 7.41. The van der Waals surface area contributed by atoms with Crippen molar-refractivity contribution in [2.45, 2.75) is 37.8 Å². The molecule has 2 heterocycles. The second kappa shape index (κ2) is 7.48. The Balaban J connectivity index is 1.49. The summed E-state index contributed by atoms with van der Waals surface area (Å²) in [6.07, 6.45) is 7.80. The van der Waals surface area contributed by atoms with Crippen LogP contribution < -0.4 is 5.32 Å². The van der Waals surface area contributed by atoms with Gasteiger partial charge in [0.05, 0.1) is 23.9 Å². The van der Waals surface area contributed by atoms with Gasteiger partial charge in [-0.3, -0.25) is 14.5 Å². The molecule has 1 atom stereocenters. The molecular formula is C21H24N4O2. The van der Waals surface area contributed by atoms with Crippen LogP contribution in [0.4, 0.5) is 0 Å². The van der Waals surface area contributed by atoms with Crippen LogP contribution >= 0.6 is 0 Å². The number of carbonyl (C=O) groups is 1. The first kappa shape index (κ1) is 17.7. The van der Waals surface area contributed by atoms with Crippen molar-refractivity contribution in [3.63, 3.8) is 0 Å². The van der Waals surface area contributed by atoms with Crippen LogP contribution in [0.2, 0.25) is 0 Å². The normalized spacial score (nSPS) is 20.2. The number of nitrogens with one attached hydrogen (secondary N) is 1. The van der Waals surface area contributed by atoms with Crippen molar-refractivity contribution in [3.8, 4) is 0 Å². The van der Waals surface area contributed by atoms with Gasteiger partial charge in [-0.25, -0.2) is 0 Å². The zero-order valence-corrected chi connectivity index (χ0v) is 15.4. The predicted molar refractivity (Wildman–Crippen MR) is 103 cm³/mol. The van der Waals surface area contributed by atoms with E-state index in [0.29, 0.717) is 25.7 Å². The van der Waals surface area contributed by atoms with Crippen molar-refractivity contribution in [3.05, 3.63) is 60.0 Å². The first-order chi connectivity index (χ1) is 13.1. The fourth-order valence-electron chi connectivity index (χ4n) is 3.74. The number of para-hydroxylation sites is 1. The minimum atomic E-state index is -0.266. The summed E-state index contributed by atoms with van der Waals surface area (Å²) in [4.78, 5) is 17.1. The molecule has 3 aromatic rings. The van der Waals surface area contributed by atoms with Crippen molar-refractivity contribution in [2.24, 2.45) is 13.0 Å². The van der Waals surface area contributed by atoms with Gasteiger partial charge in [-0.05, 0) is 48.4 Å². The van der Waals surface area contributed by atoms with Crippen molar-refractivity contribution in [1.29, 1.82) is 0 Å². The molecule has 1 amide bonds. The molecule has 2 N–H and O–H groups in total. The number of benzene rings is 1. The van der Waals surface area contributed by atoms with Gasteiger partial charge in [0.25, 0.3) is 0 Å². The van der Waals surface area contributed by atoms with Gasteiger partial charge < -0.3 is 10.4 Å². The molecule has 140 valence electrons. The third-order valence-corrected chi connectivity index (χ3v) is 5.31. The summed E-state index contributed by atoms with van der Waals surface area (Å²) < 4.78 is 1.74. The summed E-state index contributed by atoms with van der Waals surface area (Å²) in [5.41, 5.74) is 2.99. The Kier molecular flexibility index (Phi) is 4.90. The number of fused-ring (bicyclic) bond motifs is 1. The van der Waals surface area contributed by atoms with Crippen LogP contribution in [0.15, 0.2) is 48.9 Å². The van der Waals surface area contributed by atoms with E-state index in [2.05, 4.69) is 21.5 Å². The second-order valence-electron chi connectivity index (χ2n) is 7.41. The van der Waals surface area contributed by atoms with Crippen LogP contribution in [0, 0.1) is 5.92 Å². The summed E-state index contributed by atoms with van der Waals surface area (Å²) >= 11 is 0. The lowest BCUT2D eigenvalue weighted by atomic mass is 9.75. The number of aromatic nitrogens is 3. The van der Waals surface area contributed by atoms with E-state index in [9.17, 15) is 9.90 Å². The number of rotatable bonds is 6. The smallest absolute Gasteiger partial charge is 0.220 e. The molecule has 4 rings (SSSR count). The summed E-state index contributed by atoms with van der Waals surface area (Å²) in [5, 5.41) is 18.1. The minimum Gasteiger partial charge on any atom is -0.393 e. The van der Waals surface area contributed by atoms with E-state index >= 15 is 0 Å². The van der Waals surface area contributed by atoms with Crippen LogP contribution in [0.3, 0.4) is 0 Å². The number of hydrogen-bond donors (Lipinski definition) is 2. The number of aliphatic hydroxyl groups is 1. The van der Waals surface area contributed by atoms with Gasteiger partial charge in [-0.2, -0.15) is 5.10 Å². The maximum absolute atomic E-state index is 12.6. The topological polar surface area (TPSA) is 80.0 Å². The van der Waals surface area contributed by atoms with Gasteiger partial charge in [0.2, 0.25) is 5.91 Å². The molecule has 1 saturated carbocycles. The van der Waals surface area contributed by atoms with Gasteiger partial charge in [-0.1, -0.05) is 18.2 Å². The third kappa shape index (κ3) is 4.01. The third-order valence-electron chi connectivity index (χ3n) is 5.31. The number of pyridine rings is 1. The lowest BCUT2D eigenvalue weighted by Crippen LogP contribution is -2.41. The SMILES string of the molecule is Cn1cc(CCC(=O)N[C@H](c2cnc3ccccc3c2)C2CC(O)C2)cn1. The first-order valence-electron chi connectivity index (χ1n) is 9.38. The zero-order valence-electron chi connectivity index (χ0n) is 15.4. The molecule has 1 aliphatic carbocycles. The summed E-state index contributed by atoms with van der Waals surface area (Å²) in [7, 11) is 1.87. The van der Waals surface area contributed by atoms with E-state index in [1.54, 1.807) is 10.9 Å². The number of amides is 1. The molecule has 0 spiro atoms. The van der Waals surface area contributed by atoms with Gasteiger partial charge in [-0.15, -0.1) is 0 Å². The average Bonchev–Trinajstić information content (AvgIpc) is 3.07. The minimum absolute atomic E-state index is 0.0124. The highest BCUT2D eigenvalue weighted by Crippen LogP contribution is 2.38. The molecule has 6 heteroatoms. The highest BCUT2D eigenvalue weighted by molar-refractivity contribution is 5.80. The van der Waals surface area contributed by atoms with Gasteiger partial charge in [0.1, 0.15) is 0 Å². The fourth-order valence-corrected chi connectivity index (χ4v) is 3.74. The Bertz CT molecular complexity index is 946. The van der Waals surface area contributed by atoms with Crippen LogP contribution in [0.25, 0.3) is 10.9 Å². The lowest BCUT2D eigenvalue weighted by Gasteiger charge is -2.38. The maximum Gasteiger partial charge on any atom is 0.220 e. The van der Waals surface area contributed by atoms with E-state index in [1.807, 2.05) is 43.7 Å². The number of hydrogen-bond acceptors (Lipinski definition) is 4. The summed E-state index contributed by atoms with van der Waals surface area (Å²) in [6, 6.07) is 9.94. The maximum atomic E-state index is 12.6. The summed E-state index contributed by atoms with van der Waals surface area (Å²) in [5.74, 6) is 0.253. The van der Waals surface area contributed by atoms with Crippen molar-refractivity contribution in [1.82, 2.24) is 20.1 Å². The highest BCUT2D eigenvalue weighted by Gasteiger charge is 2.35. The van der Waals surface area contributed by atoms with Gasteiger partial charge in [0.15, 0.2) is 0 Å². The lowest BCUT2D eigenvalue weighted by molar-refractivity contribution is -0.123. The Morgan fingerprint density at radius 1 is 1.33 bits per heavy atom. The van der Waals surface area contributed by atoms with Crippen molar-refractivity contribution in [2.75, 3.05) is 0 Å². The molecule has 0 saturated heterocycles. The number of carbonyl (C=O) groups excluding carboxylic acids is 1. The zero-order chi connectivity index (χ0) is 18.8. The summed E-state index contributed by atoms with van der Waals surface area (Å²) in [6.45, 7) is 0. The largest absolute Gasteiger partial charge is 0.393 e. The van der Waals surface area contributed by atoms with Crippen LogP contribution in [-0.4, -0.2) is 31.9 Å². The number of aryl methyl sites for hydroxylation is 2. The van der Waals surface area contributed by atoms with E-state index in [1.165, 1.54) is 0 Å². The molecule has 1 aliphatic rings. The Labute approximate surface area is 158 Å². The Morgan fingerprint density at radius 3 is 2.89 bits per heavy atom. The van der Waals surface area contributed by atoms with E-state index in [4.69, 9.17) is 0 Å². The van der Waals surface area contributed by atoms with Gasteiger partial charge >= 0.3 is 0 Å². The molecule has 0 radical (unpaired) electrons. The molecule has 0 aliphatic heterocycles. The first-order valence-corrected chi connectivity index (χ1v) is 9.38. The van der Waals surface area contributed by atoms with Gasteiger partial charge in [0, 0.05) is 31.2 Å². The molecule has 0 bridgehead atoms. The van der Waals surface area contributed by atoms with Crippen molar-refractivity contribution >= 4 is 16.8 Å². The molecule has 6 nitrogen and oxygen atoms in total. The Morgan fingerprint density at radius 2 is 2.15 bits per heavy atom. The number of aliphatic hydroxyl groups excluding tert-OH is 1. The molecule has 0 unspecified atom stereocenters. The van der Waals surface area contributed by atoms with Crippen molar-refractivity contribution < 1.29 is 9.90 Å². The quantitative estimate of drug-likeness (QED) is 0.704. The average molecular weight is 364 g/mol. The molecule has 27 heavy (non-hydrogen) atoms. The van der Waals surface area contributed by atoms with E-state index in [-0.39, 0.29) is 24.0 Å². The molecule has 1 fully saturated rings. The predicted octanol–water partition coefficient (Wildman–Crippen LogP) is 2.53. The standard InChI is InChI=1S/C21H24N4O2/c1-25-13-14(11-23-25)6-7-20(27)24-21(16-9-18(26)10-16)17-8-15-4-2-3-5-19(15)22-12-17/h2-5,8,11-13,16,18,21,26H,6-7,9-10H2,1H3,(H,24,27)/t16?,18?,21-/m0/s1. The number of nitrogens with zero attached hydrogens (tertiary/aromatic N) is 3. The van der Waals surface area contributed by atoms with E-state index in [0.717, 1.165) is 22.0 Å². The van der Waals surface area contributed by atoms with Crippen LogP contribution in [-0.2, 0) is 18.3 Å². The molecule has 2 aromatic heterocycles. The van der Waals surface area contributed by atoms with Crippen LogP contribution in [0.5, 0.6) is 0 Å². The molecular weight excluding hydrogens is 340 g/mol. The monoisotopic (exact) mass is 364 g/mol. The highest BCUT2D eigenvalue weighted by atomic mass is 16.3. The Hall–Kier alpha value is -2.73. The fraction of sp³-hybridized carbons (Fsp3) is 0.381.